The van der Waals surface area contributed by atoms with E-state index in [4.69, 9.17) is 15.8 Å². The molecule has 1 atom stereocenters. The van der Waals surface area contributed by atoms with Crippen molar-refractivity contribution < 1.29 is 21.0 Å². The van der Waals surface area contributed by atoms with E-state index in [-0.39, 0.29) is 13.1 Å². The van der Waals surface area contributed by atoms with Crippen LogP contribution in [-0.2, 0) is 24.3 Å². The molecule has 9 nitrogen and oxygen atoms in total. The lowest BCUT2D eigenvalue weighted by atomic mass is 9.95. The predicted molar refractivity (Wildman–Crippen MR) is 141 cm³/mol. The maximum atomic E-state index is 13.1. The van der Waals surface area contributed by atoms with Crippen LogP contribution in [0, 0.1) is 5.92 Å². The molecule has 0 saturated carbocycles. The Labute approximate surface area is 218 Å². The first-order chi connectivity index (χ1) is 17.1. The Morgan fingerprint density at radius 2 is 1.67 bits per heavy atom. The molecule has 1 unspecified atom stereocenters. The van der Waals surface area contributed by atoms with Crippen LogP contribution < -0.4 is 4.90 Å². The lowest BCUT2D eigenvalue weighted by Crippen LogP contribution is -2.57. The van der Waals surface area contributed by atoms with Gasteiger partial charge in [-0.15, -0.1) is 0 Å². The number of piperidine rings is 1. The number of halogens is 1. The lowest BCUT2D eigenvalue weighted by molar-refractivity contribution is 0.00918. The Morgan fingerprint density at radius 1 is 1.00 bits per heavy atom. The highest BCUT2D eigenvalue weighted by Gasteiger charge is 2.37. The van der Waals surface area contributed by atoms with Crippen LogP contribution in [0.25, 0.3) is 6.08 Å². The molecule has 2 saturated heterocycles. The van der Waals surface area contributed by atoms with Gasteiger partial charge in [-0.05, 0) is 54.7 Å². The molecule has 0 aliphatic carbocycles. The highest BCUT2D eigenvalue weighted by Crippen LogP contribution is 2.26. The van der Waals surface area contributed by atoms with Crippen LogP contribution in [0.15, 0.2) is 54.2 Å². The number of sulfonamides is 1. The van der Waals surface area contributed by atoms with Crippen molar-refractivity contribution in [3.05, 3.63) is 64.8 Å². The zero-order valence-corrected chi connectivity index (χ0v) is 22.5. The summed E-state index contributed by atoms with van der Waals surface area (Å²) in [6.45, 7) is 3.46. The Bertz CT molecular complexity index is 1250. The van der Waals surface area contributed by atoms with Crippen LogP contribution in [0.4, 0.5) is 5.69 Å². The monoisotopic (exact) mass is 554 g/mol. The average Bonchev–Trinajstić information content (AvgIpc) is 2.84. The van der Waals surface area contributed by atoms with E-state index in [1.165, 1.54) is 6.08 Å². The summed E-state index contributed by atoms with van der Waals surface area (Å²) in [5, 5.41) is 1.63. The molecule has 196 valence electrons. The third kappa shape index (κ3) is 7.50. The van der Waals surface area contributed by atoms with Crippen LogP contribution in [0.3, 0.4) is 0 Å². The number of anilines is 1. The van der Waals surface area contributed by atoms with Gasteiger partial charge in [0.1, 0.15) is 0 Å². The number of aromatic nitrogens is 1. The van der Waals surface area contributed by atoms with Gasteiger partial charge in [-0.3, -0.25) is 9.88 Å². The Hall–Kier alpha value is -2.02. The Morgan fingerprint density at radius 3 is 2.31 bits per heavy atom. The molecule has 2 aromatic rings. The minimum atomic E-state index is -3.92. The number of hydrogen-bond donors (Lipinski definition) is 0. The fraction of sp³-hybridized carbons (Fsp3) is 0.458. The average molecular weight is 555 g/mol. The number of piperazine rings is 1. The van der Waals surface area contributed by atoms with Crippen molar-refractivity contribution >= 4 is 43.5 Å². The van der Waals surface area contributed by atoms with Gasteiger partial charge in [-0.1, -0.05) is 23.7 Å². The number of hydrogen-bond acceptors (Lipinski definition) is 8. The number of pyridine rings is 1. The van der Waals surface area contributed by atoms with Crippen molar-refractivity contribution in [3.63, 3.8) is 0 Å². The first-order valence-corrected chi connectivity index (χ1v) is 15.5. The normalized spacial score (nSPS) is 21.3. The number of rotatable bonds is 8. The largest absolute Gasteiger partial charge is 0.371 e. The van der Waals surface area contributed by atoms with Crippen molar-refractivity contribution in [1.82, 2.24) is 14.2 Å². The van der Waals surface area contributed by atoms with E-state index in [0.29, 0.717) is 23.0 Å². The minimum absolute atomic E-state index is 0.142. The van der Waals surface area contributed by atoms with E-state index in [0.717, 1.165) is 54.1 Å². The molecule has 2 aliphatic rings. The van der Waals surface area contributed by atoms with Crippen molar-refractivity contribution in [3.8, 4) is 0 Å². The number of nitrogens with zero attached hydrogens (tertiary/aromatic N) is 4. The van der Waals surface area contributed by atoms with E-state index < -0.39 is 26.4 Å². The van der Waals surface area contributed by atoms with E-state index in [1.54, 1.807) is 36.7 Å². The molecular formula is C24H31ClN4O5S2. The fourth-order valence-electron chi connectivity index (χ4n) is 4.63. The van der Waals surface area contributed by atoms with Gasteiger partial charge in [0.2, 0.25) is 10.0 Å². The summed E-state index contributed by atoms with van der Waals surface area (Å²) in [5.41, 5.74) is 1.83. The van der Waals surface area contributed by atoms with E-state index in [2.05, 4.69) is 14.8 Å². The van der Waals surface area contributed by atoms with Gasteiger partial charge in [-0.25, -0.2) is 12.6 Å². The second-order valence-corrected chi connectivity index (χ2v) is 13.0. The molecule has 0 amide bonds. The van der Waals surface area contributed by atoms with Crippen LogP contribution in [0.5, 0.6) is 0 Å². The molecule has 4 rings (SSSR count). The minimum Gasteiger partial charge on any atom is -0.371 e. The second kappa shape index (κ2) is 11.6. The quantitative estimate of drug-likeness (QED) is 0.459. The molecule has 0 N–H and O–H groups in total. The molecule has 1 aromatic carbocycles. The highest BCUT2D eigenvalue weighted by atomic mass is 35.5. The molecule has 12 heteroatoms. The zero-order valence-electron chi connectivity index (χ0n) is 20.1. The van der Waals surface area contributed by atoms with Crippen molar-refractivity contribution in [2.75, 3.05) is 50.4 Å². The van der Waals surface area contributed by atoms with E-state index in [1.807, 2.05) is 12.1 Å². The van der Waals surface area contributed by atoms with Gasteiger partial charge < -0.3 is 4.90 Å². The maximum Gasteiger partial charge on any atom is 0.265 e. The summed E-state index contributed by atoms with van der Waals surface area (Å²) in [4.78, 5) is 8.52. The van der Waals surface area contributed by atoms with Crippen LogP contribution >= 0.6 is 11.6 Å². The standard InChI is InChI=1S/C24H31ClN4O5S2/c1-35(30,31)34-24-19-27(18-21-8-13-28(14-9-21)23-6-11-26-12-7-23)15-16-29(24)36(32,33)17-10-20-2-4-22(25)5-3-20/h2-7,10-12,17,21,24H,8-9,13-16,18-19H2,1H3/b17-10+. The summed E-state index contributed by atoms with van der Waals surface area (Å²) >= 11 is 5.89. The molecule has 0 spiro atoms. The fourth-order valence-corrected chi connectivity index (χ4v) is 6.64. The van der Waals surface area contributed by atoms with Crippen LogP contribution in [0.1, 0.15) is 18.4 Å². The predicted octanol–water partition coefficient (Wildman–Crippen LogP) is 2.87. The molecule has 2 aliphatic heterocycles. The Balaban J connectivity index is 1.39. The SMILES string of the molecule is CS(=O)(=O)OC1CN(CC2CCN(c3ccncc3)CC2)CCN1S(=O)(=O)/C=C/c1ccc(Cl)cc1. The molecule has 36 heavy (non-hydrogen) atoms. The Kier molecular flexibility index (Phi) is 8.69. The molecular weight excluding hydrogens is 524 g/mol. The van der Waals surface area contributed by atoms with Gasteiger partial charge in [0, 0.05) is 67.8 Å². The first kappa shape index (κ1) is 27.0. The molecule has 2 fully saturated rings. The summed E-state index contributed by atoms with van der Waals surface area (Å²) in [6.07, 6.45) is 6.87. The van der Waals surface area contributed by atoms with Gasteiger partial charge in [0.25, 0.3) is 10.1 Å². The summed E-state index contributed by atoms with van der Waals surface area (Å²) < 4.78 is 56.5. The van der Waals surface area contributed by atoms with Gasteiger partial charge >= 0.3 is 0 Å². The highest BCUT2D eigenvalue weighted by molar-refractivity contribution is 7.92. The van der Waals surface area contributed by atoms with E-state index >= 15 is 0 Å². The maximum absolute atomic E-state index is 13.1. The zero-order chi connectivity index (χ0) is 25.8. The van der Waals surface area contributed by atoms with Gasteiger partial charge in [0.05, 0.1) is 6.26 Å². The second-order valence-electron chi connectivity index (χ2n) is 9.16. The molecule has 3 heterocycles. The van der Waals surface area contributed by atoms with Gasteiger partial charge in [0.15, 0.2) is 6.23 Å². The summed E-state index contributed by atoms with van der Waals surface area (Å²) in [7, 11) is -7.78. The van der Waals surface area contributed by atoms with Crippen molar-refractivity contribution in [2.24, 2.45) is 5.92 Å². The smallest absolute Gasteiger partial charge is 0.265 e. The lowest BCUT2D eigenvalue weighted by Gasteiger charge is -2.41. The van der Waals surface area contributed by atoms with Crippen molar-refractivity contribution in [2.45, 2.75) is 19.1 Å². The topological polar surface area (TPSA) is 100 Å². The van der Waals surface area contributed by atoms with Crippen molar-refractivity contribution in [1.29, 1.82) is 0 Å². The molecule has 1 aromatic heterocycles. The van der Waals surface area contributed by atoms with E-state index in [9.17, 15) is 16.8 Å². The van der Waals surface area contributed by atoms with Gasteiger partial charge in [-0.2, -0.15) is 12.7 Å². The molecule has 0 radical (unpaired) electrons. The third-order valence-electron chi connectivity index (χ3n) is 6.45. The summed E-state index contributed by atoms with van der Waals surface area (Å²) in [6, 6.07) is 10.8. The summed E-state index contributed by atoms with van der Waals surface area (Å²) in [5.74, 6) is 0.440. The third-order valence-corrected chi connectivity index (χ3v) is 8.82. The van der Waals surface area contributed by atoms with Crippen LogP contribution in [-0.4, -0.2) is 82.8 Å². The first-order valence-electron chi connectivity index (χ1n) is 11.8. The van der Waals surface area contributed by atoms with Crippen LogP contribution in [0.2, 0.25) is 5.02 Å². The molecule has 0 bridgehead atoms. The number of benzene rings is 1.